The summed E-state index contributed by atoms with van der Waals surface area (Å²) < 4.78 is 22.1. The van der Waals surface area contributed by atoms with Crippen molar-refractivity contribution in [2.75, 3.05) is 59.0 Å². The summed E-state index contributed by atoms with van der Waals surface area (Å²) in [5.41, 5.74) is 0.707. The predicted molar refractivity (Wildman–Crippen MR) is 118 cm³/mol. The molecular formula is C21H24ClN5O4. The first-order chi connectivity index (χ1) is 15.2. The topological polar surface area (TPSA) is 90.9 Å². The maximum absolute atomic E-state index is 6.28. The van der Waals surface area contributed by atoms with Gasteiger partial charge in [-0.1, -0.05) is 11.6 Å². The fourth-order valence-electron chi connectivity index (χ4n) is 3.28. The Balaban J connectivity index is 1.56. The van der Waals surface area contributed by atoms with E-state index in [0.717, 1.165) is 38.2 Å². The van der Waals surface area contributed by atoms with Crippen LogP contribution in [0.2, 0.25) is 5.02 Å². The number of hydrogen-bond donors (Lipinski definition) is 1. The molecule has 4 rings (SSSR count). The normalized spacial score (nSPS) is 14.4. The van der Waals surface area contributed by atoms with Gasteiger partial charge in [0.1, 0.15) is 18.8 Å². The molecule has 164 valence electrons. The Labute approximate surface area is 185 Å². The van der Waals surface area contributed by atoms with Crippen LogP contribution in [0.4, 0.5) is 11.6 Å². The van der Waals surface area contributed by atoms with E-state index in [1.165, 1.54) is 6.33 Å². The Morgan fingerprint density at radius 1 is 1.06 bits per heavy atom. The molecule has 9 nitrogen and oxygen atoms in total. The van der Waals surface area contributed by atoms with Crippen molar-refractivity contribution >= 4 is 34.1 Å². The van der Waals surface area contributed by atoms with Gasteiger partial charge in [0.05, 0.1) is 38.0 Å². The zero-order valence-electron chi connectivity index (χ0n) is 17.4. The third-order valence-electron chi connectivity index (χ3n) is 4.96. The molecule has 10 heteroatoms. The van der Waals surface area contributed by atoms with Gasteiger partial charge in [-0.25, -0.2) is 9.97 Å². The van der Waals surface area contributed by atoms with Crippen LogP contribution >= 0.6 is 11.6 Å². The fraction of sp³-hybridized carbons (Fsp3) is 0.381. The molecule has 0 atom stereocenters. The number of rotatable bonds is 8. The maximum Gasteiger partial charge on any atom is 0.214 e. The van der Waals surface area contributed by atoms with Crippen molar-refractivity contribution in [1.29, 1.82) is 0 Å². The van der Waals surface area contributed by atoms with Crippen LogP contribution in [0.3, 0.4) is 0 Å². The molecular weight excluding hydrogens is 422 g/mol. The highest BCUT2D eigenvalue weighted by molar-refractivity contribution is 6.33. The molecule has 1 aromatic carbocycles. The molecule has 1 aliphatic rings. The second-order valence-electron chi connectivity index (χ2n) is 6.85. The van der Waals surface area contributed by atoms with Crippen LogP contribution in [0.1, 0.15) is 0 Å². The number of anilines is 2. The van der Waals surface area contributed by atoms with Gasteiger partial charge >= 0.3 is 0 Å². The fourth-order valence-corrected chi connectivity index (χ4v) is 3.44. The summed E-state index contributed by atoms with van der Waals surface area (Å²) in [6, 6.07) is 7.09. The number of methoxy groups -OCH3 is 2. The van der Waals surface area contributed by atoms with E-state index in [-0.39, 0.29) is 0 Å². The molecule has 1 fully saturated rings. The van der Waals surface area contributed by atoms with Crippen LogP contribution in [0, 0.1) is 0 Å². The summed E-state index contributed by atoms with van der Waals surface area (Å²) in [4.78, 5) is 15.4. The Kier molecular flexibility index (Phi) is 6.86. The van der Waals surface area contributed by atoms with E-state index in [2.05, 4.69) is 25.2 Å². The highest BCUT2D eigenvalue weighted by Gasteiger charge is 2.15. The van der Waals surface area contributed by atoms with Gasteiger partial charge in [-0.05, 0) is 12.1 Å². The second kappa shape index (κ2) is 9.95. The summed E-state index contributed by atoms with van der Waals surface area (Å²) in [6.07, 6.45) is 1.47. The van der Waals surface area contributed by atoms with E-state index >= 15 is 0 Å². The first-order valence-corrected chi connectivity index (χ1v) is 10.3. The van der Waals surface area contributed by atoms with Gasteiger partial charge in [0.25, 0.3) is 0 Å². The van der Waals surface area contributed by atoms with E-state index in [4.69, 9.17) is 30.5 Å². The zero-order valence-corrected chi connectivity index (χ0v) is 18.2. The molecule has 0 aliphatic carbocycles. The van der Waals surface area contributed by atoms with Crippen molar-refractivity contribution in [3.05, 3.63) is 35.6 Å². The third kappa shape index (κ3) is 5.07. The van der Waals surface area contributed by atoms with Gasteiger partial charge in [-0.2, -0.15) is 4.98 Å². The number of morpholine rings is 1. The smallest absolute Gasteiger partial charge is 0.214 e. The minimum atomic E-state index is 0.436. The second-order valence-corrected chi connectivity index (χ2v) is 7.26. The molecule has 31 heavy (non-hydrogen) atoms. The predicted octanol–water partition coefficient (Wildman–Crippen LogP) is 3.15. The monoisotopic (exact) mass is 445 g/mol. The number of nitrogens with one attached hydrogen (secondary N) is 1. The van der Waals surface area contributed by atoms with Crippen molar-refractivity contribution in [3.63, 3.8) is 0 Å². The van der Waals surface area contributed by atoms with Gasteiger partial charge in [0.15, 0.2) is 17.3 Å². The third-order valence-corrected chi connectivity index (χ3v) is 5.26. The molecule has 0 unspecified atom stereocenters. The van der Waals surface area contributed by atoms with Crippen molar-refractivity contribution in [2.24, 2.45) is 0 Å². The highest BCUT2D eigenvalue weighted by Crippen LogP contribution is 2.35. The highest BCUT2D eigenvalue weighted by atomic mass is 35.5. The number of pyridine rings is 1. The molecule has 0 amide bonds. The summed E-state index contributed by atoms with van der Waals surface area (Å²) >= 11 is 6.28. The summed E-state index contributed by atoms with van der Waals surface area (Å²) in [5.74, 6) is 2.65. The summed E-state index contributed by atoms with van der Waals surface area (Å²) in [7, 11) is 3.15. The Bertz CT molecular complexity index is 1050. The van der Waals surface area contributed by atoms with Crippen LogP contribution in [0.15, 0.2) is 30.6 Å². The van der Waals surface area contributed by atoms with E-state index in [0.29, 0.717) is 46.2 Å². The molecule has 1 N–H and O–H groups in total. The number of fused-ring (bicyclic) bond motifs is 1. The maximum atomic E-state index is 6.28. The van der Waals surface area contributed by atoms with Gasteiger partial charge in [-0.15, -0.1) is 0 Å². The Hall–Kier alpha value is -2.88. The molecule has 0 bridgehead atoms. The van der Waals surface area contributed by atoms with Gasteiger partial charge in [0, 0.05) is 37.2 Å². The number of ether oxygens (including phenoxy) is 4. The van der Waals surface area contributed by atoms with Crippen LogP contribution in [-0.4, -0.2) is 73.5 Å². The van der Waals surface area contributed by atoms with Gasteiger partial charge in [0.2, 0.25) is 5.88 Å². The van der Waals surface area contributed by atoms with Crippen LogP contribution in [0.25, 0.3) is 10.9 Å². The molecule has 1 aliphatic heterocycles. The average molecular weight is 446 g/mol. The largest absolute Gasteiger partial charge is 0.493 e. The van der Waals surface area contributed by atoms with E-state index in [1.807, 2.05) is 12.1 Å². The first kappa shape index (κ1) is 21.4. The standard InChI is InChI=1S/C21H24ClN5O4/c1-28-17-11-14-16(12-18(17)31-10-7-27-5-8-30-9-6-27)23-13-24-20(14)26-21-15(22)3-4-19(25-21)29-2/h3-4,11-13H,5-10H2,1-2H3,(H,23,24,25,26). The number of hydrogen-bond acceptors (Lipinski definition) is 9. The lowest BCUT2D eigenvalue weighted by molar-refractivity contribution is 0.0321. The summed E-state index contributed by atoms with van der Waals surface area (Å²) in [6.45, 7) is 4.72. The molecule has 2 aromatic heterocycles. The number of halogens is 1. The average Bonchev–Trinajstić information content (AvgIpc) is 2.81. The molecule has 3 aromatic rings. The Morgan fingerprint density at radius 2 is 1.90 bits per heavy atom. The molecule has 0 spiro atoms. The van der Waals surface area contributed by atoms with E-state index in [9.17, 15) is 0 Å². The number of benzene rings is 1. The number of aromatic nitrogens is 3. The molecule has 3 heterocycles. The lowest BCUT2D eigenvalue weighted by Crippen LogP contribution is -2.38. The van der Waals surface area contributed by atoms with Gasteiger partial charge < -0.3 is 24.3 Å². The van der Waals surface area contributed by atoms with Crippen molar-refractivity contribution in [3.8, 4) is 17.4 Å². The minimum Gasteiger partial charge on any atom is -0.493 e. The van der Waals surface area contributed by atoms with Gasteiger partial charge in [-0.3, -0.25) is 4.90 Å². The molecule has 0 radical (unpaired) electrons. The zero-order chi connectivity index (χ0) is 21.6. The lowest BCUT2D eigenvalue weighted by Gasteiger charge is -2.26. The van der Waals surface area contributed by atoms with Crippen molar-refractivity contribution in [1.82, 2.24) is 19.9 Å². The van der Waals surface area contributed by atoms with Crippen molar-refractivity contribution in [2.45, 2.75) is 0 Å². The minimum absolute atomic E-state index is 0.436. The lowest BCUT2D eigenvalue weighted by atomic mass is 10.2. The van der Waals surface area contributed by atoms with Crippen molar-refractivity contribution < 1.29 is 18.9 Å². The van der Waals surface area contributed by atoms with Crippen LogP contribution < -0.4 is 19.5 Å². The van der Waals surface area contributed by atoms with Crippen LogP contribution in [0.5, 0.6) is 17.4 Å². The molecule has 0 saturated carbocycles. The SMILES string of the molecule is COc1ccc(Cl)c(Nc2ncnc3cc(OCCN4CCOCC4)c(OC)cc23)n1. The summed E-state index contributed by atoms with van der Waals surface area (Å²) in [5, 5.41) is 4.36. The Morgan fingerprint density at radius 3 is 2.68 bits per heavy atom. The van der Waals surface area contributed by atoms with Crippen LogP contribution in [-0.2, 0) is 4.74 Å². The molecule has 1 saturated heterocycles. The quantitative estimate of drug-likeness (QED) is 0.561. The number of nitrogens with zero attached hydrogens (tertiary/aromatic N) is 4. The first-order valence-electron chi connectivity index (χ1n) is 9.91. The van der Waals surface area contributed by atoms with E-state index in [1.54, 1.807) is 26.4 Å². The van der Waals surface area contributed by atoms with E-state index < -0.39 is 0 Å².